The van der Waals surface area contributed by atoms with Gasteiger partial charge in [-0.25, -0.2) is 4.98 Å². The Morgan fingerprint density at radius 2 is 2.05 bits per heavy atom. The highest BCUT2D eigenvalue weighted by molar-refractivity contribution is 7.17. The van der Waals surface area contributed by atoms with E-state index in [0.717, 1.165) is 27.9 Å². The van der Waals surface area contributed by atoms with Crippen LogP contribution in [0.25, 0.3) is 32.6 Å². The van der Waals surface area contributed by atoms with Gasteiger partial charge in [0.1, 0.15) is 0 Å². The molecule has 0 radical (unpaired) electrons. The Kier molecular flexibility index (Phi) is 2.79. The zero-order chi connectivity index (χ0) is 14.2. The number of aromatic nitrogens is 4. The molecule has 0 amide bonds. The number of thiophene rings is 1. The van der Waals surface area contributed by atoms with Crippen molar-refractivity contribution in [2.75, 3.05) is 0 Å². The van der Waals surface area contributed by atoms with E-state index in [1.54, 1.807) is 22.2 Å². The lowest BCUT2D eigenvalue weighted by Crippen LogP contribution is -1.85. The van der Waals surface area contributed by atoms with Gasteiger partial charge in [0.2, 0.25) is 0 Å². The maximum absolute atomic E-state index is 4.82. The third-order valence-electron chi connectivity index (χ3n) is 3.39. The minimum atomic E-state index is 0.944. The van der Waals surface area contributed by atoms with Crippen molar-refractivity contribution in [3.63, 3.8) is 0 Å². The smallest absolute Gasteiger partial charge is 0.0896 e. The van der Waals surface area contributed by atoms with E-state index >= 15 is 0 Å². The third kappa shape index (κ3) is 2.11. The van der Waals surface area contributed by atoms with E-state index in [9.17, 15) is 0 Å². The van der Waals surface area contributed by atoms with Gasteiger partial charge in [-0.15, -0.1) is 11.3 Å². The highest BCUT2D eigenvalue weighted by Gasteiger charge is 2.10. The van der Waals surface area contributed by atoms with Gasteiger partial charge in [0.05, 0.1) is 22.1 Å². The zero-order valence-electron chi connectivity index (χ0n) is 11.4. The third-order valence-corrected chi connectivity index (χ3v) is 4.33. The van der Waals surface area contributed by atoms with Crippen LogP contribution in [0.5, 0.6) is 0 Å². The summed E-state index contributed by atoms with van der Waals surface area (Å²) in [5.41, 5.74) is 5.23. The molecule has 0 atom stereocenters. The van der Waals surface area contributed by atoms with Gasteiger partial charge < -0.3 is 0 Å². The molecular weight excluding hydrogens is 280 g/mol. The summed E-state index contributed by atoms with van der Waals surface area (Å²) in [7, 11) is 1.91. The number of nitrogens with zero attached hydrogens (tertiary/aromatic N) is 4. The summed E-state index contributed by atoms with van der Waals surface area (Å²) in [6, 6.07) is 8.18. The first-order valence-electron chi connectivity index (χ1n) is 6.59. The fourth-order valence-corrected chi connectivity index (χ4v) is 3.26. The number of rotatable bonds is 2. The van der Waals surface area contributed by atoms with Crippen LogP contribution in [0, 0.1) is 0 Å². The summed E-state index contributed by atoms with van der Waals surface area (Å²) in [6.45, 7) is 0. The number of hydrogen-bond donors (Lipinski definition) is 0. The number of aryl methyl sites for hydroxylation is 1. The Labute approximate surface area is 125 Å². The quantitative estimate of drug-likeness (QED) is 0.565. The standard InChI is InChI=1S/C16H12N4S/c1-20-9-12(8-18-20)14-4-5-15-16(19-14)13(10-21-15)11-3-2-6-17-7-11/h2-10H,1H3. The zero-order valence-corrected chi connectivity index (χ0v) is 12.2. The first kappa shape index (κ1) is 12.2. The summed E-state index contributed by atoms with van der Waals surface area (Å²) in [6.07, 6.45) is 7.47. The van der Waals surface area contributed by atoms with Crippen molar-refractivity contribution < 1.29 is 0 Å². The van der Waals surface area contributed by atoms with Crippen LogP contribution in [0.4, 0.5) is 0 Å². The second-order valence-electron chi connectivity index (χ2n) is 4.84. The van der Waals surface area contributed by atoms with Crippen molar-refractivity contribution in [3.8, 4) is 22.4 Å². The number of fused-ring (bicyclic) bond motifs is 1. The molecule has 0 aliphatic heterocycles. The minimum absolute atomic E-state index is 0.944. The Morgan fingerprint density at radius 3 is 2.81 bits per heavy atom. The van der Waals surface area contributed by atoms with Gasteiger partial charge >= 0.3 is 0 Å². The van der Waals surface area contributed by atoms with Crippen LogP contribution in [-0.2, 0) is 7.05 Å². The minimum Gasteiger partial charge on any atom is -0.275 e. The molecule has 0 fully saturated rings. The van der Waals surface area contributed by atoms with E-state index in [-0.39, 0.29) is 0 Å². The molecule has 0 unspecified atom stereocenters. The molecule has 4 nitrogen and oxygen atoms in total. The molecule has 0 aliphatic rings. The molecule has 4 aromatic rings. The van der Waals surface area contributed by atoms with Crippen LogP contribution in [0.15, 0.2) is 54.4 Å². The molecule has 0 N–H and O–H groups in total. The van der Waals surface area contributed by atoms with Crippen LogP contribution >= 0.6 is 11.3 Å². The molecule has 21 heavy (non-hydrogen) atoms. The van der Waals surface area contributed by atoms with Crippen LogP contribution in [0.3, 0.4) is 0 Å². The monoisotopic (exact) mass is 292 g/mol. The summed E-state index contributed by atoms with van der Waals surface area (Å²) >= 11 is 1.71. The van der Waals surface area contributed by atoms with E-state index in [0.29, 0.717) is 0 Å². The van der Waals surface area contributed by atoms with E-state index in [1.165, 1.54) is 4.70 Å². The van der Waals surface area contributed by atoms with Gasteiger partial charge in [0.15, 0.2) is 0 Å². The molecule has 102 valence electrons. The van der Waals surface area contributed by atoms with Crippen LogP contribution in [0.1, 0.15) is 0 Å². The van der Waals surface area contributed by atoms with Crippen molar-refractivity contribution in [2.45, 2.75) is 0 Å². The van der Waals surface area contributed by atoms with Crippen LogP contribution in [0.2, 0.25) is 0 Å². The summed E-state index contributed by atoms with van der Waals surface area (Å²) in [4.78, 5) is 9.02. The largest absolute Gasteiger partial charge is 0.275 e. The maximum atomic E-state index is 4.82. The van der Waals surface area contributed by atoms with Gasteiger partial charge in [-0.3, -0.25) is 9.67 Å². The molecule has 0 bridgehead atoms. The second-order valence-corrected chi connectivity index (χ2v) is 5.75. The average Bonchev–Trinajstić information content (AvgIpc) is 3.13. The van der Waals surface area contributed by atoms with E-state index < -0.39 is 0 Å². The molecule has 0 aliphatic carbocycles. The summed E-state index contributed by atoms with van der Waals surface area (Å²) < 4.78 is 2.97. The van der Waals surface area contributed by atoms with E-state index in [2.05, 4.69) is 27.6 Å². The molecular formula is C16H12N4S. The van der Waals surface area contributed by atoms with Gasteiger partial charge in [0, 0.05) is 47.7 Å². The van der Waals surface area contributed by atoms with Crippen molar-refractivity contribution in [2.24, 2.45) is 7.05 Å². The molecule has 0 saturated heterocycles. The summed E-state index contributed by atoms with van der Waals surface area (Å²) in [5.74, 6) is 0. The van der Waals surface area contributed by atoms with Crippen molar-refractivity contribution in [1.29, 1.82) is 0 Å². The number of hydrogen-bond acceptors (Lipinski definition) is 4. The predicted molar refractivity (Wildman–Crippen MR) is 85.1 cm³/mol. The number of pyridine rings is 2. The molecule has 0 spiro atoms. The second kappa shape index (κ2) is 4.79. The van der Waals surface area contributed by atoms with Crippen molar-refractivity contribution in [1.82, 2.24) is 19.7 Å². The molecule has 4 rings (SSSR count). The Hall–Kier alpha value is -2.53. The van der Waals surface area contributed by atoms with Gasteiger partial charge in [-0.05, 0) is 18.2 Å². The highest BCUT2D eigenvalue weighted by atomic mass is 32.1. The van der Waals surface area contributed by atoms with E-state index in [4.69, 9.17) is 4.98 Å². The lowest BCUT2D eigenvalue weighted by atomic mass is 10.1. The highest BCUT2D eigenvalue weighted by Crippen LogP contribution is 2.33. The molecule has 5 heteroatoms. The Bertz CT molecular complexity index is 908. The fraction of sp³-hybridized carbons (Fsp3) is 0.0625. The fourth-order valence-electron chi connectivity index (χ4n) is 2.35. The maximum Gasteiger partial charge on any atom is 0.0896 e. The normalized spacial score (nSPS) is 11.1. The topological polar surface area (TPSA) is 43.6 Å². The lowest BCUT2D eigenvalue weighted by Gasteiger charge is -2.01. The summed E-state index contributed by atoms with van der Waals surface area (Å²) in [5, 5.41) is 6.35. The SMILES string of the molecule is Cn1cc(-c2ccc3scc(-c4cccnc4)c3n2)cn1. The van der Waals surface area contributed by atoms with Crippen LogP contribution in [-0.4, -0.2) is 19.7 Å². The first-order chi connectivity index (χ1) is 10.3. The first-order valence-corrected chi connectivity index (χ1v) is 7.47. The van der Waals surface area contributed by atoms with E-state index in [1.807, 2.05) is 37.8 Å². The van der Waals surface area contributed by atoms with Crippen molar-refractivity contribution >= 4 is 21.6 Å². The predicted octanol–water partition coefficient (Wildman–Crippen LogP) is 3.76. The lowest BCUT2D eigenvalue weighted by molar-refractivity contribution is 0.768. The Balaban J connectivity index is 1.90. The molecule has 4 aromatic heterocycles. The van der Waals surface area contributed by atoms with Gasteiger partial charge in [-0.2, -0.15) is 5.10 Å². The molecule has 4 heterocycles. The van der Waals surface area contributed by atoms with Gasteiger partial charge in [0.25, 0.3) is 0 Å². The molecule has 0 saturated carbocycles. The van der Waals surface area contributed by atoms with Gasteiger partial charge in [-0.1, -0.05) is 6.07 Å². The molecule has 0 aromatic carbocycles. The van der Waals surface area contributed by atoms with Crippen LogP contribution < -0.4 is 0 Å². The van der Waals surface area contributed by atoms with Crippen molar-refractivity contribution in [3.05, 3.63) is 54.4 Å². The average molecular weight is 292 g/mol. The Morgan fingerprint density at radius 1 is 1.10 bits per heavy atom.